The smallest absolute Gasteiger partial charge is 0.248 e. The number of carbonyl (C=O) groups excluding carboxylic acids is 1. The van der Waals surface area contributed by atoms with E-state index in [4.69, 9.17) is 11.6 Å². The Bertz CT molecular complexity index is 718. The highest BCUT2D eigenvalue weighted by atomic mass is 35.5. The molecule has 0 bridgehead atoms. The number of rotatable bonds is 4. The monoisotopic (exact) mass is 361 g/mol. The van der Waals surface area contributed by atoms with Gasteiger partial charge in [0.15, 0.2) is 0 Å². The second kappa shape index (κ2) is 7.83. The molecule has 0 spiro atoms. The van der Waals surface area contributed by atoms with Crippen molar-refractivity contribution in [2.45, 2.75) is 0 Å². The van der Waals surface area contributed by atoms with Crippen LogP contribution in [0.3, 0.4) is 0 Å². The Labute approximate surface area is 151 Å². The van der Waals surface area contributed by atoms with Gasteiger partial charge in [0.25, 0.3) is 0 Å². The van der Waals surface area contributed by atoms with E-state index in [1.807, 2.05) is 24.3 Å². The van der Waals surface area contributed by atoms with Crippen molar-refractivity contribution < 1.29 is 4.79 Å². The van der Waals surface area contributed by atoms with Crippen LogP contribution in [0.4, 0.5) is 11.4 Å². The number of amides is 1. The van der Waals surface area contributed by atoms with Crippen LogP contribution in [0.2, 0.25) is 4.34 Å². The Balaban J connectivity index is 1.55. The highest BCUT2D eigenvalue weighted by Gasteiger charge is 2.13. The number of nitrogens with zero attached hydrogens (tertiary/aromatic N) is 2. The molecule has 1 amide bonds. The Morgan fingerprint density at radius 1 is 1.12 bits per heavy atom. The van der Waals surface area contributed by atoms with Crippen LogP contribution in [0.15, 0.2) is 42.5 Å². The number of carbonyl (C=O) groups is 1. The Kier molecular flexibility index (Phi) is 5.56. The van der Waals surface area contributed by atoms with Crippen molar-refractivity contribution in [1.29, 1.82) is 0 Å². The van der Waals surface area contributed by atoms with Crippen LogP contribution >= 0.6 is 22.9 Å². The van der Waals surface area contributed by atoms with E-state index in [9.17, 15) is 4.79 Å². The normalized spacial score (nSPS) is 15.8. The van der Waals surface area contributed by atoms with Crippen molar-refractivity contribution >= 4 is 46.3 Å². The minimum atomic E-state index is -0.146. The molecule has 3 rings (SSSR count). The predicted octanol–water partition coefficient (Wildman–Crippen LogP) is 3.81. The van der Waals surface area contributed by atoms with Gasteiger partial charge < -0.3 is 15.1 Å². The Hall–Kier alpha value is -1.82. The first-order chi connectivity index (χ1) is 11.6. The number of nitrogens with one attached hydrogen (secondary N) is 1. The Morgan fingerprint density at radius 3 is 2.46 bits per heavy atom. The maximum absolute atomic E-state index is 12.0. The van der Waals surface area contributed by atoms with Gasteiger partial charge in [-0.25, -0.2) is 0 Å². The van der Waals surface area contributed by atoms with Gasteiger partial charge in [0.1, 0.15) is 0 Å². The maximum Gasteiger partial charge on any atom is 0.248 e. The molecule has 1 N–H and O–H groups in total. The molecular formula is C18H20ClN3OS. The number of likely N-dealkylation sites (N-methyl/N-ethyl adjacent to an activating group) is 1. The Morgan fingerprint density at radius 2 is 1.83 bits per heavy atom. The molecule has 1 aromatic heterocycles. The zero-order valence-electron chi connectivity index (χ0n) is 13.5. The van der Waals surface area contributed by atoms with E-state index >= 15 is 0 Å². The molecule has 2 aromatic rings. The van der Waals surface area contributed by atoms with Crippen molar-refractivity contribution in [1.82, 2.24) is 4.90 Å². The van der Waals surface area contributed by atoms with Gasteiger partial charge in [0.05, 0.1) is 4.34 Å². The molecule has 1 saturated heterocycles. The van der Waals surface area contributed by atoms with Gasteiger partial charge >= 0.3 is 0 Å². The van der Waals surface area contributed by atoms with Gasteiger partial charge in [-0.3, -0.25) is 4.79 Å². The third-order valence-electron chi connectivity index (χ3n) is 4.00. The summed E-state index contributed by atoms with van der Waals surface area (Å²) in [4.78, 5) is 17.6. The third kappa shape index (κ3) is 4.60. The molecule has 0 saturated carbocycles. The molecule has 1 aliphatic rings. The summed E-state index contributed by atoms with van der Waals surface area (Å²) in [5, 5.41) is 2.88. The zero-order chi connectivity index (χ0) is 16.9. The molecule has 0 unspecified atom stereocenters. The summed E-state index contributed by atoms with van der Waals surface area (Å²) < 4.78 is 0.717. The third-order valence-corrected chi connectivity index (χ3v) is 5.19. The lowest BCUT2D eigenvalue weighted by molar-refractivity contribution is -0.111. The highest BCUT2D eigenvalue weighted by molar-refractivity contribution is 7.17. The average molecular weight is 362 g/mol. The molecule has 6 heteroatoms. The van der Waals surface area contributed by atoms with E-state index in [1.165, 1.54) is 23.1 Å². The standard InChI is InChI=1S/C18H20ClN3OS/c1-21-10-12-22(13-11-21)15-4-2-14(3-5-15)20-18(23)9-7-16-6-8-17(19)24-16/h2-9H,10-13H2,1H3,(H,20,23)/b9-7+. The number of halogens is 1. The van der Waals surface area contributed by atoms with E-state index in [2.05, 4.69) is 34.3 Å². The molecule has 24 heavy (non-hydrogen) atoms. The van der Waals surface area contributed by atoms with Crippen molar-refractivity contribution in [3.05, 3.63) is 51.7 Å². The second-order valence-corrected chi connectivity index (χ2v) is 7.55. The van der Waals surface area contributed by atoms with E-state index in [1.54, 1.807) is 6.08 Å². The van der Waals surface area contributed by atoms with Crippen molar-refractivity contribution in [3.8, 4) is 0 Å². The first-order valence-electron chi connectivity index (χ1n) is 7.88. The van der Waals surface area contributed by atoms with E-state index in [-0.39, 0.29) is 5.91 Å². The SMILES string of the molecule is CN1CCN(c2ccc(NC(=O)/C=C/c3ccc(Cl)s3)cc2)CC1. The minimum absolute atomic E-state index is 0.146. The highest BCUT2D eigenvalue weighted by Crippen LogP contribution is 2.22. The van der Waals surface area contributed by atoms with Crippen LogP contribution in [-0.4, -0.2) is 44.0 Å². The first kappa shape index (κ1) is 17.0. The summed E-state index contributed by atoms with van der Waals surface area (Å²) in [5.74, 6) is -0.146. The van der Waals surface area contributed by atoms with Crippen LogP contribution < -0.4 is 10.2 Å². The quantitative estimate of drug-likeness (QED) is 0.841. The fourth-order valence-electron chi connectivity index (χ4n) is 2.58. The van der Waals surface area contributed by atoms with Gasteiger partial charge in [-0.05, 0) is 49.5 Å². The van der Waals surface area contributed by atoms with Gasteiger partial charge in [-0.15, -0.1) is 11.3 Å². The van der Waals surface area contributed by atoms with Crippen LogP contribution in [0, 0.1) is 0 Å². The van der Waals surface area contributed by atoms with Crippen LogP contribution in [0.1, 0.15) is 4.88 Å². The number of hydrogen-bond donors (Lipinski definition) is 1. The summed E-state index contributed by atoms with van der Waals surface area (Å²) >= 11 is 7.31. The maximum atomic E-state index is 12.0. The zero-order valence-corrected chi connectivity index (χ0v) is 15.1. The second-order valence-electron chi connectivity index (χ2n) is 5.80. The van der Waals surface area contributed by atoms with E-state index < -0.39 is 0 Å². The lowest BCUT2D eigenvalue weighted by Crippen LogP contribution is -2.44. The van der Waals surface area contributed by atoms with Crippen molar-refractivity contribution in [2.24, 2.45) is 0 Å². The summed E-state index contributed by atoms with van der Waals surface area (Å²) in [6.45, 7) is 4.23. The van der Waals surface area contributed by atoms with Gasteiger partial charge in [0, 0.05) is 48.5 Å². The summed E-state index contributed by atoms with van der Waals surface area (Å²) in [7, 11) is 2.15. The van der Waals surface area contributed by atoms with Crippen molar-refractivity contribution in [3.63, 3.8) is 0 Å². The van der Waals surface area contributed by atoms with E-state index in [0.29, 0.717) is 0 Å². The molecule has 2 heterocycles. The largest absolute Gasteiger partial charge is 0.369 e. The fraction of sp³-hybridized carbons (Fsp3) is 0.278. The van der Waals surface area contributed by atoms with Gasteiger partial charge in [-0.2, -0.15) is 0 Å². The molecule has 126 valence electrons. The van der Waals surface area contributed by atoms with E-state index in [0.717, 1.165) is 41.1 Å². The molecule has 0 radical (unpaired) electrons. The molecule has 1 aromatic carbocycles. The summed E-state index contributed by atoms with van der Waals surface area (Å²) in [6, 6.07) is 11.7. The van der Waals surface area contributed by atoms with Crippen molar-refractivity contribution in [2.75, 3.05) is 43.4 Å². The number of anilines is 2. The first-order valence-corrected chi connectivity index (χ1v) is 9.07. The lowest BCUT2D eigenvalue weighted by Gasteiger charge is -2.34. The van der Waals surface area contributed by atoms with Crippen LogP contribution in [-0.2, 0) is 4.79 Å². The average Bonchev–Trinajstić information content (AvgIpc) is 3.00. The molecule has 0 aliphatic carbocycles. The molecule has 1 aliphatic heterocycles. The van der Waals surface area contributed by atoms with Gasteiger partial charge in [-0.1, -0.05) is 11.6 Å². The predicted molar refractivity (Wildman–Crippen MR) is 103 cm³/mol. The number of thiophene rings is 1. The topological polar surface area (TPSA) is 35.6 Å². The van der Waals surface area contributed by atoms with Crippen LogP contribution in [0.25, 0.3) is 6.08 Å². The summed E-state index contributed by atoms with van der Waals surface area (Å²) in [5.41, 5.74) is 2.00. The minimum Gasteiger partial charge on any atom is -0.369 e. The molecular weight excluding hydrogens is 342 g/mol. The molecule has 0 atom stereocenters. The van der Waals surface area contributed by atoms with Crippen LogP contribution in [0.5, 0.6) is 0 Å². The lowest BCUT2D eigenvalue weighted by atomic mass is 10.2. The number of benzene rings is 1. The molecule has 4 nitrogen and oxygen atoms in total. The summed E-state index contributed by atoms with van der Waals surface area (Å²) in [6.07, 6.45) is 3.29. The molecule has 1 fully saturated rings. The fourth-order valence-corrected chi connectivity index (χ4v) is 3.54. The van der Waals surface area contributed by atoms with Gasteiger partial charge in [0.2, 0.25) is 5.91 Å². The number of hydrogen-bond acceptors (Lipinski definition) is 4. The number of piperazine rings is 1.